The van der Waals surface area contributed by atoms with Crippen LogP contribution in [0, 0.1) is 5.41 Å². The third-order valence-corrected chi connectivity index (χ3v) is 10.1. The predicted molar refractivity (Wildman–Crippen MR) is 72.0 cm³/mol. The van der Waals surface area contributed by atoms with Crippen LogP contribution in [0.2, 0.25) is 18.1 Å². The molecule has 22 heavy (non-hydrogen) atoms. The number of ketones is 1. The highest BCUT2D eigenvalue weighted by atomic mass is 28.3. The third kappa shape index (κ3) is 3.55. The standard InChI is InChI=1S/C13H20F6O2Si/c1-5-22(6-2,7-3)10(21)8-9(20)11(4,12(14,15)16)13(17,18)19/h5-8H2,1-4H3. The van der Waals surface area contributed by atoms with Crippen molar-refractivity contribution in [1.82, 2.24) is 0 Å². The van der Waals surface area contributed by atoms with Crippen LogP contribution in [0.5, 0.6) is 0 Å². The first-order valence-corrected chi connectivity index (χ1v) is 9.55. The van der Waals surface area contributed by atoms with Gasteiger partial charge in [0.05, 0.1) is 6.42 Å². The Morgan fingerprint density at radius 2 is 1.14 bits per heavy atom. The molecule has 0 rings (SSSR count). The molecule has 0 amide bonds. The number of carbonyl (C=O) groups excluding carboxylic acids is 2. The summed E-state index contributed by atoms with van der Waals surface area (Å²) in [6.07, 6.45) is -12.9. The summed E-state index contributed by atoms with van der Waals surface area (Å²) in [5.41, 5.74) is -4.51. The molecule has 0 heterocycles. The van der Waals surface area contributed by atoms with Gasteiger partial charge in [0.2, 0.25) is 5.41 Å². The molecule has 0 bridgehead atoms. The number of carbonyl (C=O) groups is 2. The predicted octanol–water partition coefficient (Wildman–Crippen LogP) is 4.69. The molecule has 0 aliphatic heterocycles. The van der Waals surface area contributed by atoms with E-state index in [2.05, 4.69) is 0 Å². The Balaban J connectivity index is 5.63. The molecule has 0 aromatic heterocycles. The van der Waals surface area contributed by atoms with E-state index in [1.54, 1.807) is 20.8 Å². The summed E-state index contributed by atoms with van der Waals surface area (Å²) >= 11 is 0. The van der Waals surface area contributed by atoms with E-state index >= 15 is 0 Å². The Morgan fingerprint density at radius 3 is 1.36 bits per heavy atom. The fourth-order valence-corrected chi connectivity index (χ4v) is 5.55. The lowest BCUT2D eigenvalue weighted by atomic mass is 9.82. The zero-order chi connectivity index (χ0) is 18.0. The molecule has 0 radical (unpaired) electrons. The first-order chi connectivity index (χ1) is 9.73. The first-order valence-electron chi connectivity index (χ1n) is 6.93. The van der Waals surface area contributed by atoms with Crippen molar-refractivity contribution in [2.45, 2.75) is 64.6 Å². The Bertz CT molecular complexity index is 401. The van der Waals surface area contributed by atoms with Gasteiger partial charge in [0.25, 0.3) is 0 Å². The maximum absolute atomic E-state index is 12.8. The number of rotatable bonds is 7. The van der Waals surface area contributed by atoms with Crippen molar-refractivity contribution in [2.24, 2.45) is 5.41 Å². The molecule has 0 saturated heterocycles. The maximum atomic E-state index is 12.8. The molecular weight excluding hydrogens is 330 g/mol. The van der Waals surface area contributed by atoms with E-state index in [1.807, 2.05) is 0 Å². The second-order valence-corrected chi connectivity index (χ2v) is 10.7. The second-order valence-electron chi connectivity index (χ2n) is 5.48. The van der Waals surface area contributed by atoms with Crippen LogP contribution in [0.4, 0.5) is 26.3 Å². The molecule has 0 aliphatic rings. The molecule has 130 valence electrons. The number of hydrogen-bond acceptors (Lipinski definition) is 2. The number of Topliss-reactive ketones (excluding diaryl/α,β-unsaturated/α-hetero) is 1. The van der Waals surface area contributed by atoms with Gasteiger partial charge in [0.1, 0.15) is 13.5 Å². The lowest BCUT2D eigenvalue weighted by molar-refractivity contribution is -0.318. The largest absolute Gasteiger partial charge is 0.409 e. The van der Waals surface area contributed by atoms with E-state index in [0.717, 1.165) is 0 Å². The maximum Gasteiger partial charge on any atom is 0.409 e. The molecule has 0 N–H and O–H groups in total. The Morgan fingerprint density at radius 1 is 0.818 bits per heavy atom. The minimum absolute atomic E-state index is 0.199. The monoisotopic (exact) mass is 350 g/mol. The van der Waals surface area contributed by atoms with Crippen molar-refractivity contribution in [3.8, 4) is 0 Å². The average Bonchev–Trinajstić information content (AvgIpc) is 2.37. The summed E-state index contributed by atoms with van der Waals surface area (Å²) in [5, 5.41) is -0.732. The van der Waals surface area contributed by atoms with Gasteiger partial charge in [0, 0.05) is 0 Å². The summed E-state index contributed by atoms with van der Waals surface area (Å²) in [7, 11) is -2.67. The van der Waals surface area contributed by atoms with Gasteiger partial charge in [0.15, 0.2) is 5.78 Å². The van der Waals surface area contributed by atoms with Crippen LogP contribution in [0.3, 0.4) is 0 Å². The van der Waals surface area contributed by atoms with Gasteiger partial charge in [-0.25, -0.2) is 0 Å². The Kier molecular flexibility index (Phi) is 6.45. The van der Waals surface area contributed by atoms with Crippen molar-refractivity contribution in [1.29, 1.82) is 0 Å². The highest BCUT2D eigenvalue weighted by Crippen LogP contribution is 2.51. The van der Waals surface area contributed by atoms with Gasteiger partial charge in [-0.15, -0.1) is 0 Å². The van der Waals surface area contributed by atoms with Gasteiger partial charge >= 0.3 is 12.4 Å². The second kappa shape index (κ2) is 6.72. The van der Waals surface area contributed by atoms with E-state index in [4.69, 9.17) is 0 Å². The zero-order valence-electron chi connectivity index (χ0n) is 12.9. The zero-order valence-corrected chi connectivity index (χ0v) is 13.9. The van der Waals surface area contributed by atoms with Crippen LogP contribution in [0.15, 0.2) is 0 Å². The van der Waals surface area contributed by atoms with Crippen LogP contribution in [0.25, 0.3) is 0 Å². The summed E-state index contributed by atoms with van der Waals surface area (Å²) in [5.74, 6) is -2.12. The van der Waals surface area contributed by atoms with Gasteiger partial charge in [-0.1, -0.05) is 38.9 Å². The minimum atomic E-state index is -5.79. The highest BCUT2D eigenvalue weighted by Gasteiger charge is 2.71. The first kappa shape index (κ1) is 21.1. The van der Waals surface area contributed by atoms with Gasteiger partial charge in [-0.05, 0) is 6.92 Å². The smallest absolute Gasteiger partial charge is 0.305 e. The molecule has 0 unspecified atom stereocenters. The summed E-state index contributed by atoms with van der Waals surface area (Å²) < 4.78 is 76.8. The van der Waals surface area contributed by atoms with Crippen LogP contribution < -0.4 is 0 Å². The molecule has 0 fully saturated rings. The normalized spacial score (nSPS) is 14.1. The Hall–Kier alpha value is -0.863. The van der Waals surface area contributed by atoms with Gasteiger partial charge < -0.3 is 4.79 Å². The van der Waals surface area contributed by atoms with Crippen molar-refractivity contribution in [3.05, 3.63) is 0 Å². The van der Waals surface area contributed by atoms with E-state index in [-0.39, 0.29) is 6.92 Å². The molecule has 9 heteroatoms. The number of alkyl halides is 6. The van der Waals surface area contributed by atoms with E-state index in [9.17, 15) is 35.9 Å². The highest BCUT2D eigenvalue weighted by molar-refractivity contribution is 7.06. The van der Waals surface area contributed by atoms with E-state index < -0.39 is 43.5 Å². The molecule has 0 atom stereocenters. The van der Waals surface area contributed by atoms with Crippen LogP contribution in [0.1, 0.15) is 34.1 Å². The number of hydrogen-bond donors (Lipinski definition) is 0. The molecule has 2 nitrogen and oxygen atoms in total. The quantitative estimate of drug-likeness (QED) is 0.379. The third-order valence-electron chi connectivity index (χ3n) is 4.63. The van der Waals surface area contributed by atoms with Crippen LogP contribution >= 0.6 is 0 Å². The fourth-order valence-electron chi connectivity index (χ4n) is 2.33. The van der Waals surface area contributed by atoms with Gasteiger partial charge in [-0.2, -0.15) is 26.3 Å². The molecule has 0 aromatic rings. The van der Waals surface area contributed by atoms with E-state index in [0.29, 0.717) is 18.1 Å². The Labute approximate surface area is 126 Å². The average molecular weight is 350 g/mol. The summed E-state index contributed by atoms with van der Waals surface area (Å²) in [6.45, 7) is 4.83. The van der Waals surface area contributed by atoms with Crippen LogP contribution in [-0.4, -0.2) is 31.6 Å². The van der Waals surface area contributed by atoms with Crippen LogP contribution in [-0.2, 0) is 9.59 Å². The fraction of sp³-hybridized carbons (Fsp3) is 0.846. The molecule has 0 aromatic carbocycles. The lowest BCUT2D eigenvalue weighted by Gasteiger charge is -2.33. The van der Waals surface area contributed by atoms with Gasteiger partial charge in [-0.3, -0.25) is 4.79 Å². The molecule has 0 aliphatic carbocycles. The number of halogens is 6. The van der Waals surface area contributed by atoms with Crippen molar-refractivity contribution < 1.29 is 35.9 Å². The SMILES string of the molecule is CC[Si](CC)(CC)C(=O)CC(=O)C(C)(C(F)(F)F)C(F)(F)F. The molecule has 0 spiro atoms. The summed E-state index contributed by atoms with van der Waals surface area (Å²) in [6, 6.07) is 1.17. The van der Waals surface area contributed by atoms with Crippen molar-refractivity contribution in [3.63, 3.8) is 0 Å². The topological polar surface area (TPSA) is 34.1 Å². The van der Waals surface area contributed by atoms with Crippen molar-refractivity contribution in [2.75, 3.05) is 0 Å². The summed E-state index contributed by atoms with van der Waals surface area (Å²) in [4.78, 5) is 23.9. The molecular formula is C13H20F6O2Si. The minimum Gasteiger partial charge on any atom is -0.305 e. The molecule has 0 saturated carbocycles. The van der Waals surface area contributed by atoms with Crippen molar-refractivity contribution >= 4 is 19.3 Å². The lowest BCUT2D eigenvalue weighted by Crippen LogP contribution is -2.55. The van der Waals surface area contributed by atoms with E-state index in [1.165, 1.54) is 0 Å².